The molecule has 4 nitrogen and oxygen atoms in total. The van der Waals surface area contributed by atoms with Crippen molar-refractivity contribution in [2.24, 2.45) is 5.73 Å². The van der Waals surface area contributed by atoms with Gasteiger partial charge in [-0.25, -0.2) is 9.59 Å². The van der Waals surface area contributed by atoms with Crippen molar-refractivity contribution in [2.75, 3.05) is 12.3 Å². The normalized spacial score (nSPS) is 14.0. The van der Waals surface area contributed by atoms with Crippen LogP contribution in [0.15, 0.2) is 12.2 Å². The van der Waals surface area contributed by atoms with Gasteiger partial charge in [0.25, 0.3) is 0 Å². The van der Waals surface area contributed by atoms with E-state index in [1.54, 1.807) is 0 Å². The zero-order chi connectivity index (χ0) is 8.69. The van der Waals surface area contributed by atoms with Crippen LogP contribution < -0.4 is 5.73 Å². The number of ether oxygens (including phenoxy) is 1. The molecule has 0 radical (unpaired) electrons. The number of hydrogen-bond donors (Lipinski definition) is 2. The molecule has 0 aromatic heterocycles. The Morgan fingerprint density at radius 1 is 1.36 bits per heavy atom. The molecule has 1 heterocycles. The first kappa shape index (κ1) is 10.2. The topological polar surface area (TPSA) is 69.4 Å². The second-order valence-electron chi connectivity index (χ2n) is 1.59. The zero-order valence-corrected chi connectivity index (χ0v) is 6.71. The van der Waals surface area contributed by atoms with Gasteiger partial charge in [0.2, 0.25) is 0 Å². The summed E-state index contributed by atoms with van der Waals surface area (Å²) in [6.07, 6.45) is 2.17. The average molecular weight is 175 g/mol. The maximum absolute atomic E-state index is 9.92. The van der Waals surface area contributed by atoms with Gasteiger partial charge in [-0.15, -0.1) is 0 Å². The van der Waals surface area contributed by atoms with E-state index in [4.69, 9.17) is 5.73 Å². The molecular weight excluding hydrogens is 166 g/mol. The number of esters is 2. The fourth-order valence-electron chi connectivity index (χ4n) is 0.303. The minimum atomic E-state index is -0.579. The van der Waals surface area contributed by atoms with Crippen molar-refractivity contribution in [3.05, 3.63) is 12.2 Å². The van der Waals surface area contributed by atoms with Crippen LogP contribution >= 0.6 is 12.6 Å². The van der Waals surface area contributed by atoms with Crippen LogP contribution in [-0.2, 0) is 14.3 Å². The molecule has 62 valence electrons. The van der Waals surface area contributed by atoms with E-state index in [2.05, 4.69) is 17.4 Å². The minimum Gasteiger partial charge on any atom is -0.387 e. The number of nitrogens with two attached hydrogens (primary N) is 1. The number of cyclic esters (lactones) is 2. The first-order chi connectivity index (χ1) is 5.20. The molecule has 0 aromatic carbocycles. The fraction of sp³-hybridized carbons (Fsp3) is 0.333. The van der Waals surface area contributed by atoms with E-state index in [1.165, 1.54) is 0 Å². The highest BCUT2D eigenvalue weighted by Gasteiger charge is 2.10. The molecule has 0 spiro atoms. The summed E-state index contributed by atoms with van der Waals surface area (Å²) < 4.78 is 3.97. The summed E-state index contributed by atoms with van der Waals surface area (Å²) in [6, 6.07) is 0. The molecule has 0 saturated carbocycles. The largest absolute Gasteiger partial charge is 0.387 e. The van der Waals surface area contributed by atoms with E-state index in [0.717, 1.165) is 17.9 Å². The predicted octanol–water partition coefficient (Wildman–Crippen LogP) is -0.499. The van der Waals surface area contributed by atoms with Crippen LogP contribution in [0.5, 0.6) is 0 Å². The van der Waals surface area contributed by atoms with Gasteiger partial charge in [-0.3, -0.25) is 0 Å². The molecule has 0 aliphatic carbocycles. The van der Waals surface area contributed by atoms with E-state index >= 15 is 0 Å². The Bertz CT molecular complexity index is 161. The number of hydrogen-bond acceptors (Lipinski definition) is 5. The van der Waals surface area contributed by atoms with Crippen LogP contribution in [0.2, 0.25) is 0 Å². The summed E-state index contributed by atoms with van der Waals surface area (Å²) in [5.41, 5.74) is 4.95. The lowest BCUT2D eigenvalue weighted by atomic mass is 10.6. The molecule has 0 aromatic rings. The molecule has 0 unspecified atom stereocenters. The Balaban J connectivity index is 0.000000218. The summed E-state index contributed by atoms with van der Waals surface area (Å²) in [7, 11) is 0. The Labute approximate surface area is 69.8 Å². The Kier molecular flexibility index (Phi) is 5.50. The van der Waals surface area contributed by atoms with Crippen molar-refractivity contribution < 1.29 is 14.3 Å². The smallest absolute Gasteiger partial charge is 0.338 e. The lowest BCUT2D eigenvalue weighted by molar-refractivity contribution is -0.150. The lowest BCUT2D eigenvalue weighted by Crippen LogP contribution is -1.97. The van der Waals surface area contributed by atoms with Crippen LogP contribution in [0.4, 0.5) is 0 Å². The van der Waals surface area contributed by atoms with Crippen molar-refractivity contribution in [1.29, 1.82) is 0 Å². The molecule has 0 fully saturated rings. The van der Waals surface area contributed by atoms with Gasteiger partial charge >= 0.3 is 11.9 Å². The summed E-state index contributed by atoms with van der Waals surface area (Å²) in [5, 5.41) is 0. The van der Waals surface area contributed by atoms with Crippen molar-refractivity contribution in [3.8, 4) is 0 Å². The Morgan fingerprint density at radius 2 is 1.73 bits per heavy atom. The Hall–Kier alpha value is -0.810. The van der Waals surface area contributed by atoms with Crippen molar-refractivity contribution in [1.82, 2.24) is 0 Å². The van der Waals surface area contributed by atoms with Crippen LogP contribution in [0, 0.1) is 0 Å². The Morgan fingerprint density at radius 3 is 1.82 bits per heavy atom. The molecule has 0 saturated heterocycles. The third kappa shape index (κ3) is 5.63. The van der Waals surface area contributed by atoms with Gasteiger partial charge in [0.15, 0.2) is 0 Å². The maximum atomic E-state index is 9.92. The van der Waals surface area contributed by atoms with Crippen LogP contribution in [0.25, 0.3) is 0 Å². The third-order valence-electron chi connectivity index (χ3n) is 0.686. The average Bonchev–Trinajstić information content (AvgIpc) is 2.35. The van der Waals surface area contributed by atoms with Crippen molar-refractivity contribution >= 4 is 24.6 Å². The highest BCUT2D eigenvalue weighted by Crippen LogP contribution is 1.92. The lowest BCUT2D eigenvalue weighted by Gasteiger charge is -1.80. The van der Waals surface area contributed by atoms with E-state index in [0.29, 0.717) is 6.54 Å². The van der Waals surface area contributed by atoms with Crippen LogP contribution in [0.1, 0.15) is 0 Å². The molecule has 1 aliphatic rings. The number of thiol groups is 1. The quantitative estimate of drug-likeness (QED) is 0.320. The van der Waals surface area contributed by atoms with E-state index in [-0.39, 0.29) is 0 Å². The van der Waals surface area contributed by atoms with Crippen molar-refractivity contribution in [2.45, 2.75) is 0 Å². The molecule has 5 heteroatoms. The first-order valence-electron chi connectivity index (χ1n) is 2.95. The van der Waals surface area contributed by atoms with E-state index in [9.17, 15) is 9.59 Å². The van der Waals surface area contributed by atoms with Crippen LogP contribution in [0.3, 0.4) is 0 Å². The van der Waals surface area contributed by atoms with Gasteiger partial charge in [-0.05, 0) is 0 Å². The first-order valence-corrected chi connectivity index (χ1v) is 3.58. The highest BCUT2D eigenvalue weighted by atomic mass is 32.1. The van der Waals surface area contributed by atoms with Gasteiger partial charge < -0.3 is 10.5 Å². The third-order valence-corrected chi connectivity index (χ3v) is 0.944. The van der Waals surface area contributed by atoms with Crippen LogP contribution in [-0.4, -0.2) is 24.2 Å². The molecule has 2 N–H and O–H groups in total. The molecule has 0 bridgehead atoms. The predicted molar refractivity (Wildman–Crippen MR) is 43.1 cm³/mol. The van der Waals surface area contributed by atoms with Gasteiger partial charge in [-0.1, -0.05) is 0 Å². The molecule has 1 aliphatic heterocycles. The van der Waals surface area contributed by atoms with Crippen molar-refractivity contribution in [3.63, 3.8) is 0 Å². The fourth-order valence-corrected chi connectivity index (χ4v) is 0.303. The maximum Gasteiger partial charge on any atom is 0.338 e. The van der Waals surface area contributed by atoms with E-state index in [1.807, 2.05) is 0 Å². The van der Waals surface area contributed by atoms with Gasteiger partial charge in [0, 0.05) is 24.4 Å². The highest BCUT2D eigenvalue weighted by molar-refractivity contribution is 7.80. The SMILES string of the molecule is NCCS.O=C1C=CC(=O)O1. The zero-order valence-electron chi connectivity index (χ0n) is 5.82. The molecule has 11 heavy (non-hydrogen) atoms. The molecule has 0 amide bonds. The minimum absolute atomic E-state index is 0.579. The van der Waals surface area contributed by atoms with Gasteiger partial charge in [0.05, 0.1) is 0 Å². The summed E-state index contributed by atoms with van der Waals surface area (Å²) in [5.74, 6) is -0.366. The standard InChI is InChI=1S/C4H2O3.C2H7NS/c5-3-1-2-4(6)7-3;3-1-2-4/h1-2H;4H,1-3H2. The summed E-state index contributed by atoms with van der Waals surface area (Å²) >= 11 is 3.80. The number of carbonyl (C=O) groups is 2. The molecular formula is C6H9NO3S. The second kappa shape index (κ2) is 5.94. The number of carbonyl (C=O) groups excluding carboxylic acids is 2. The number of rotatable bonds is 1. The summed E-state index contributed by atoms with van der Waals surface area (Å²) in [4.78, 5) is 19.8. The molecule has 0 atom stereocenters. The van der Waals surface area contributed by atoms with Gasteiger partial charge in [-0.2, -0.15) is 12.6 Å². The second-order valence-corrected chi connectivity index (χ2v) is 2.03. The monoisotopic (exact) mass is 175 g/mol. The summed E-state index contributed by atoms with van der Waals surface area (Å²) in [6.45, 7) is 0.684. The molecule has 1 rings (SSSR count). The van der Waals surface area contributed by atoms with E-state index < -0.39 is 11.9 Å². The van der Waals surface area contributed by atoms with Gasteiger partial charge in [0.1, 0.15) is 0 Å².